The van der Waals surface area contributed by atoms with Gasteiger partial charge in [-0.3, -0.25) is 4.72 Å². The van der Waals surface area contributed by atoms with Crippen LogP contribution in [0.4, 0.5) is 11.6 Å². The minimum atomic E-state index is -3.84. The summed E-state index contributed by atoms with van der Waals surface area (Å²) in [5.74, 6) is 1.23. The van der Waals surface area contributed by atoms with Gasteiger partial charge in [0.25, 0.3) is 10.0 Å². The molecular formula is C24H30N4O3S2. The number of rotatable bonds is 9. The van der Waals surface area contributed by atoms with Crippen molar-refractivity contribution in [2.45, 2.75) is 55.0 Å². The molecule has 33 heavy (non-hydrogen) atoms. The second-order valence-electron chi connectivity index (χ2n) is 8.80. The summed E-state index contributed by atoms with van der Waals surface area (Å²) in [6.07, 6.45) is 0. The Hall–Kier alpha value is -2.62. The molecule has 0 aliphatic rings. The highest BCUT2D eigenvalue weighted by Crippen LogP contribution is 2.26. The quantitative estimate of drug-likeness (QED) is 0.298. The summed E-state index contributed by atoms with van der Waals surface area (Å²) in [7, 11) is -3.84. The molecule has 0 radical (unpaired) electrons. The summed E-state index contributed by atoms with van der Waals surface area (Å²) in [6.45, 7) is 7.95. The summed E-state index contributed by atoms with van der Waals surface area (Å²) in [5.41, 5.74) is 2.08. The number of nitrogens with one attached hydrogen (secondary N) is 2. The first-order valence-electron chi connectivity index (χ1n) is 10.6. The zero-order valence-electron chi connectivity index (χ0n) is 19.2. The van der Waals surface area contributed by atoms with Crippen LogP contribution in [0.5, 0.6) is 0 Å². The van der Waals surface area contributed by atoms with Gasteiger partial charge in [-0.05, 0) is 35.6 Å². The maximum Gasteiger partial charge on any atom is 0.263 e. The van der Waals surface area contributed by atoms with Crippen molar-refractivity contribution >= 4 is 33.4 Å². The molecule has 0 unspecified atom stereocenters. The Morgan fingerprint density at radius 2 is 1.64 bits per heavy atom. The Balaban J connectivity index is 1.85. The number of aliphatic hydroxyl groups is 1. The van der Waals surface area contributed by atoms with Crippen molar-refractivity contribution in [2.24, 2.45) is 0 Å². The van der Waals surface area contributed by atoms with Crippen LogP contribution in [0.3, 0.4) is 0 Å². The number of benzene rings is 2. The molecule has 7 nitrogen and oxygen atoms in total. The van der Waals surface area contributed by atoms with Gasteiger partial charge in [0.1, 0.15) is 11.6 Å². The molecule has 1 heterocycles. The van der Waals surface area contributed by atoms with E-state index in [9.17, 15) is 13.5 Å². The molecule has 0 aliphatic heterocycles. The molecule has 0 aliphatic carbocycles. The Morgan fingerprint density at radius 1 is 1.00 bits per heavy atom. The van der Waals surface area contributed by atoms with Crippen molar-refractivity contribution < 1.29 is 13.5 Å². The third kappa shape index (κ3) is 7.18. The maximum absolute atomic E-state index is 13.0. The number of thioether (sulfide) groups is 1. The van der Waals surface area contributed by atoms with Gasteiger partial charge in [-0.1, -0.05) is 75.0 Å². The van der Waals surface area contributed by atoms with Crippen LogP contribution in [0.25, 0.3) is 0 Å². The number of aliphatic hydroxyl groups excluding tert-OH is 1. The Labute approximate surface area is 200 Å². The fraction of sp³-hybridized carbons (Fsp3) is 0.333. The van der Waals surface area contributed by atoms with E-state index in [0.717, 1.165) is 11.1 Å². The van der Waals surface area contributed by atoms with E-state index in [-0.39, 0.29) is 28.8 Å². The molecule has 3 N–H and O–H groups in total. The summed E-state index contributed by atoms with van der Waals surface area (Å²) in [6, 6.07) is 18.0. The number of anilines is 2. The molecule has 9 heteroatoms. The monoisotopic (exact) mass is 486 g/mol. The number of hydrogen-bond donors (Lipinski definition) is 3. The van der Waals surface area contributed by atoms with E-state index in [0.29, 0.717) is 16.7 Å². The molecule has 2 aromatic carbocycles. The predicted molar refractivity (Wildman–Crippen MR) is 134 cm³/mol. The minimum Gasteiger partial charge on any atom is -0.394 e. The highest BCUT2D eigenvalue weighted by molar-refractivity contribution is 7.98. The van der Waals surface area contributed by atoms with E-state index in [1.165, 1.54) is 17.8 Å². The van der Waals surface area contributed by atoms with E-state index in [1.807, 2.05) is 42.5 Å². The van der Waals surface area contributed by atoms with Gasteiger partial charge in [-0.2, -0.15) is 0 Å². The molecule has 0 spiro atoms. The third-order valence-corrected chi connectivity index (χ3v) is 7.14. The molecule has 1 atom stereocenters. The summed E-state index contributed by atoms with van der Waals surface area (Å²) < 4.78 is 28.6. The number of hydrogen-bond acceptors (Lipinski definition) is 7. The predicted octanol–water partition coefficient (Wildman–Crippen LogP) is 4.66. The first-order chi connectivity index (χ1) is 15.6. The normalized spacial score (nSPS) is 12.9. The number of nitrogens with zero attached hydrogens (tertiary/aromatic N) is 2. The molecule has 0 saturated heterocycles. The number of sulfonamides is 1. The average Bonchev–Trinajstić information content (AvgIpc) is 2.77. The van der Waals surface area contributed by atoms with Crippen LogP contribution in [-0.4, -0.2) is 36.1 Å². The maximum atomic E-state index is 13.0. The first kappa shape index (κ1) is 25.0. The van der Waals surface area contributed by atoms with Crippen LogP contribution in [0.15, 0.2) is 70.7 Å². The molecule has 0 amide bonds. The third-order valence-electron chi connectivity index (χ3n) is 4.85. The fourth-order valence-corrected chi connectivity index (χ4v) is 4.77. The smallest absolute Gasteiger partial charge is 0.263 e. The lowest BCUT2D eigenvalue weighted by Gasteiger charge is -2.19. The van der Waals surface area contributed by atoms with Crippen molar-refractivity contribution in [3.63, 3.8) is 0 Å². The molecule has 176 valence electrons. The fourth-order valence-electron chi connectivity index (χ4n) is 2.97. The van der Waals surface area contributed by atoms with Gasteiger partial charge < -0.3 is 10.4 Å². The Kier molecular flexibility index (Phi) is 7.99. The molecule has 0 saturated carbocycles. The molecule has 3 rings (SSSR count). The lowest BCUT2D eigenvalue weighted by molar-refractivity contribution is 0.281. The van der Waals surface area contributed by atoms with Crippen molar-refractivity contribution in [3.05, 3.63) is 71.8 Å². The van der Waals surface area contributed by atoms with E-state index in [1.54, 1.807) is 19.1 Å². The second kappa shape index (κ2) is 10.5. The first-order valence-corrected chi connectivity index (χ1v) is 13.1. The van der Waals surface area contributed by atoms with Crippen LogP contribution in [0, 0.1) is 0 Å². The van der Waals surface area contributed by atoms with E-state index in [2.05, 4.69) is 40.8 Å². The lowest BCUT2D eigenvalue weighted by atomic mass is 9.87. The van der Waals surface area contributed by atoms with Crippen LogP contribution >= 0.6 is 11.8 Å². The van der Waals surface area contributed by atoms with Crippen LogP contribution in [0.1, 0.15) is 38.8 Å². The Bertz CT molecular complexity index is 1160. The van der Waals surface area contributed by atoms with E-state index >= 15 is 0 Å². The van der Waals surface area contributed by atoms with Gasteiger partial charge in [-0.25, -0.2) is 18.4 Å². The van der Waals surface area contributed by atoms with Crippen LogP contribution < -0.4 is 10.0 Å². The molecule has 0 bridgehead atoms. The van der Waals surface area contributed by atoms with Crippen molar-refractivity contribution in [3.8, 4) is 0 Å². The zero-order valence-corrected chi connectivity index (χ0v) is 20.9. The van der Waals surface area contributed by atoms with Gasteiger partial charge in [0, 0.05) is 17.9 Å². The SMILES string of the molecule is C[C@H](CO)Nc1cc(NS(=O)(=O)c2ccc(C(C)(C)C)cc2)nc(SCc2ccccc2)n1. The highest BCUT2D eigenvalue weighted by atomic mass is 32.2. The van der Waals surface area contributed by atoms with Gasteiger partial charge in [-0.15, -0.1) is 0 Å². The zero-order chi connectivity index (χ0) is 24.1. The summed E-state index contributed by atoms with van der Waals surface area (Å²) in [4.78, 5) is 9.04. The highest BCUT2D eigenvalue weighted by Gasteiger charge is 2.19. The van der Waals surface area contributed by atoms with Gasteiger partial charge in [0.2, 0.25) is 0 Å². The van der Waals surface area contributed by atoms with Crippen LogP contribution in [-0.2, 0) is 21.2 Å². The summed E-state index contributed by atoms with van der Waals surface area (Å²) in [5, 5.41) is 12.9. The van der Waals surface area contributed by atoms with Gasteiger partial charge >= 0.3 is 0 Å². The standard InChI is InChI=1S/C24H30N4O3S2/c1-17(15-29)25-21-14-22(27-23(26-21)32-16-18-8-6-5-7-9-18)28-33(30,31)20-12-10-19(11-13-20)24(2,3)4/h5-14,17,29H,15-16H2,1-4H3,(H2,25,26,27,28)/t17-/m1/s1. The molecule has 0 fully saturated rings. The lowest BCUT2D eigenvalue weighted by Crippen LogP contribution is -2.21. The van der Waals surface area contributed by atoms with Crippen molar-refractivity contribution in [2.75, 3.05) is 16.6 Å². The van der Waals surface area contributed by atoms with Crippen LogP contribution in [0.2, 0.25) is 0 Å². The average molecular weight is 487 g/mol. The van der Waals surface area contributed by atoms with E-state index in [4.69, 9.17) is 0 Å². The van der Waals surface area contributed by atoms with E-state index < -0.39 is 10.0 Å². The largest absolute Gasteiger partial charge is 0.394 e. The topological polar surface area (TPSA) is 104 Å². The minimum absolute atomic E-state index is 0.0722. The van der Waals surface area contributed by atoms with Crippen molar-refractivity contribution in [1.82, 2.24) is 9.97 Å². The molecule has 3 aromatic rings. The molecular weight excluding hydrogens is 456 g/mol. The number of aromatic nitrogens is 2. The summed E-state index contributed by atoms with van der Waals surface area (Å²) >= 11 is 1.40. The van der Waals surface area contributed by atoms with Gasteiger partial charge in [0.05, 0.1) is 11.5 Å². The van der Waals surface area contributed by atoms with Gasteiger partial charge in [0.15, 0.2) is 5.16 Å². The molecule has 1 aromatic heterocycles. The van der Waals surface area contributed by atoms with Crippen molar-refractivity contribution in [1.29, 1.82) is 0 Å². The Morgan fingerprint density at radius 3 is 2.24 bits per heavy atom. The second-order valence-corrected chi connectivity index (χ2v) is 11.4.